The van der Waals surface area contributed by atoms with Gasteiger partial charge in [-0.15, -0.1) is 0 Å². The number of rotatable bonds is 10. The fourth-order valence-electron chi connectivity index (χ4n) is 5.10. The van der Waals surface area contributed by atoms with E-state index in [-0.39, 0.29) is 36.7 Å². The zero-order valence-electron chi connectivity index (χ0n) is 23.7. The summed E-state index contributed by atoms with van der Waals surface area (Å²) in [5.41, 5.74) is 4.40. The van der Waals surface area contributed by atoms with Crippen molar-refractivity contribution < 1.29 is 27.3 Å². The van der Waals surface area contributed by atoms with Crippen molar-refractivity contribution in [1.29, 1.82) is 0 Å². The molecule has 2 heterocycles. The van der Waals surface area contributed by atoms with Gasteiger partial charge in [-0.1, -0.05) is 55.4 Å². The Balaban J connectivity index is 1.41. The third kappa shape index (κ3) is 5.88. The van der Waals surface area contributed by atoms with Crippen LogP contribution in [0.3, 0.4) is 0 Å². The Morgan fingerprint density at radius 3 is 2.55 bits per heavy atom. The number of guanidine groups is 1. The number of benzene rings is 2. The molecule has 9 nitrogen and oxygen atoms in total. The maximum atomic E-state index is 14.0. The van der Waals surface area contributed by atoms with Crippen LogP contribution < -0.4 is 5.73 Å². The number of amides is 2. The second-order valence-corrected chi connectivity index (χ2v) is 11.4. The van der Waals surface area contributed by atoms with E-state index in [1.54, 1.807) is 0 Å². The molecule has 3 aromatic rings. The second-order valence-electron chi connectivity index (χ2n) is 11.4. The lowest BCUT2D eigenvalue weighted by Crippen LogP contribution is -2.42. The predicted molar refractivity (Wildman–Crippen MR) is 148 cm³/mol. The number of aromatic nitrogens is 2. The first-order valence-corrected chi connectivity index (χ1v) is 13.9. The average molecular weight is 583 g/mol. The lowest BCUT2D eigenvalue weighted by molar-refractivity contribution is -0.138. The van der Waals surface area contributed by atoms with E-state index in [1.807, 2.05) is 44.2 Å². The molecule has 2 aromatic carbocycles. The molecular weight excluding hydrogens is 549 g/mol. The number of nitrogens with two attached hydrogens (primary N) is 1. The van der Waals surface area contributed by atoms with Crippen LogP contribution in [-0.2, 0) is 29.6 Å². The number of hydrogen-bond acceptors (Lipinski definition) is 7. The van der Waals surface area contributed by atoms with E-state index in [9.17, 15) is 22.8 Å². The molecule has 12 heteroatoms. The molecule has 5 rings (SSSR count). The van der Waals surface area contributed by atoms with E-state index in [4.69, 9.17) is 10.3 Å². The molecule has 42 heavy (non-hydrogen) atoms. The van der Waals surface area contributed by atoms with Crippen LogP contribution >= 0.6 is 0 Å². The van der Waals surface area contributed by atoms with Crippen LogP contribution in [-0.4, -0.2) is 44.8 Å². The van der Waals surface area contributed by atoms with Crippen molar-refractivity contribution in [3.05, 3.63) is 82.5 Å². The SMILES string of the molecule is CC(C)CCC1(c2ccccc2)N=C(N)N(Cc2ccc(C(F)(F)F)c(C(=O)N(C)Cc3noc(C4CC4)n3)c2)C1=O. The Bertz CT molecular complexity index is 1500. The zero-order chi connectivity index (χ0) is 30.2. The maximum absolute atomic E-state index is 14.0. The molecule has 1 aromatic heterocycles. The van der Waals surface area contributed by atoms with Crippen molar-refractivity contribution >= 4 is 17.8 Å². The molecule has 1 aliphatic carbocycles. The molecule has 0 spiro atoms. The summed E-state index contributed by atoms with van der Waals surface area (Å²) in [4.78, 5) is 38.5. The second kappa shape index (κ2) is 11.2. The Labute approximate surface area is 241 Å². The normalized spacial score (nSPS) is 19.0. The highest BCUT2D eigenvalue weighted by Gasteiger charge is 2.49. The van der Waals surface area contributed by atoms with Crippen LogP contribution in [0.4, 0.5) is 13.2 Å². The van der Waals surface area contributed by atoms with E-state index < -0.39 is 28.7 Å². The van der Waals surface area contributed by atoms with Gasteiger partial charge in [-0.05, 0) is 54.9 Å². The monoisotopic (exact) mass is 582 g/mol. The number of carbonyl (C=O) groups excluding carboxylic acids is 2. The van der Waals surface area contributed by atoms with E-state index in [0.717, 1.165) is 29.9 Å². The molecule has 1 saturated carbocycles. The minimum absolute atomic E-state index is 0.0268. The maximum Gasteiger partial charge on any atom is 0.417 e. The fourth-order valence-corrected chi connectivity index (χ4v) is 5.10. The van der Waals surface area contributed by atoms with Crippen molar-refractivity contribution in [2.75, 3.05) is 7.05 Å². The molecule has 222 valence electrons. The molecule has 0 saturated heterocycles. The first-order chi connectivity index (χ1) is 19.9. The number of halogens is 3. The van der Waals surface area contributed by atoms with Gasteiger partial charge in [-0.2, -0.15) is 18.2 Å². The summed E-state index contributed by atoms with van der Waals surface area (Å²) >= 11 is 0. The summed E-state index contributed by atoms with van der Waals surface area (Å²) in [6.07, 6.45) is -1.77. The molecule has 0 bridgehead atoms. The van der Waals surface area contributed by atoms with Crippen LogP contribution in [0.1, 0.15) is 84.2 Å². The molecule has 2 aliphatic rings. The van der Waals surface area contributed by atoms with Crippen LogP contribution in [0.25, 0.3) is 0 Å². The van der Waals surface area contributed by atoms with Gasteiger partial charge in [-0.3, -0.25) is 14.5 Å². The van der Waals surface area contributed by atoms with Gasteiger partial charge < -0.3 is 15.2 Å². The summed E-state index contributed by atoms with van der Waals surface area (Å²) in [5, 5.41) is 3.86. The van der Waals surface area contributed by atoms with E-state index in [0.29, 0.717) is 35.8 Å². The van der Waals surface area contributed by atoms with Crippen molar-refractivity contribution in [3.63, 3.8) is 0 Å². The van der Waals surface area contributed by atoms with Crippen LogP contribution in [0.15, 0.2) is 58.0 Å². The van der Waals surface area contributed by atoms with E-state index in [2.05, 4.69) is 15.1 Å². The van der Waals surface area contributed by atoms with Crippen LogP contribution in [0.2, 0.25) is 0 Å². The predicted octanol–water partition coefficient (Wildman–Crippen LogP) is 5.23. The molecule has 1 aliphatic heterocycles. The van der Waals surface area contributed by atoms with Crippen molar-refractivity contribution in [1.82, 2.24) is 19.9 Å². The first kappa shape index (κ1) is 29.3. The third-order valence-electron chi connectivity index (χ3n) is 7.61. The Morgan fingerprint density at radius 2 is 1.90 bits per heavy atom. The third-order valence-corrected chi connectivity index (χ3v) is 7.61. The minimum atomic E-state index is -4.78. The summed E-state index contributed by atoms with van der Waals surface area (Å²) < 4.78 is 47.2. The Kier molecular flexibility index (Phi) is 7.82. The van der Waals surface area contributed by atoms with Gasteiger partial charge in [0.05, 0.1) is 24.2 Å². The van der Waals surface area contributed by atoms with Crippen molar-refractivity contribution in [2.24, 2.45) is 16.6 Å². The molecule has 0 radical (unpaired) electrons. The lowest BCUT2D eigenvalue weighted by atomic mass is 9.83. The lowest BCUT2D eigenvalue weighted by Gasteiger charge is -2.27. The summed E-state index contributed by atoms with van der Waals surface area (Å²) in [6.45, 7) is 3.81. The molecule has 2 amide bonds. The molecule has 1 fully saturated rings. The highest BCUT2D eigenvalue weighted by atomic mass is 19.4. The highest BCUT2D eigenvalue weighted by Crippen LogP contribution is 2.40. The number of aliphatic imine (C=N–C) groups is 1. The van der Waals surface area contributed by atoms with Gasteiger partial charge in [0.2, 0.25) is 5.89 Å². The topological polar surface area (TPSA) is 118 Å². The number of alkyl halides is 3. The van der Waals surface area contributed by atoms with Crippen LogP contribution in [0.5, 0.6) is 0 Å². The van der Waals surface area contributed by atoms with E-state index in [1.165, 1.54) is 18.0 Å². The standard InChI is InChI=1S/C30H33F3N6O3/c1-18(2)13-14-29(21-7-5-4-6-8-21)27(41)39(28(34)36-29)16-19-9-12-23(30(31,32)33)22(15-19)26(40)38(3)17-24-35-25(42-37-24)20-10-11-20/h4-9,12,15,18,20H,10-11,13-14,16-17H2,1-3H3,(H2,34,36). The average Bonchev–Trinajstić information content (AvgIpc) is 3.65. The van der Waals surface area contributed by atoms with Gasteiger partial charge >= 0.3 is 6.18 Å². The summed E-state index contributed by atoms with van der Waals surface area (Å²) in [7, 11) is 1.37. The molecule has 2 N–H and O–H groups in total. The van der Waals surface area contributed by atoms with Crippen molar-refractivity contribution in [3.8, 4) is 0 Å². The molecule has 1 atom stereocenters. The van der Waals surface area contributed by atoms with Gasteiger partial charge in [0.1, 0.15) is 0 Å². The quantitative estimate of drug-likeness (QED) is 0.350. The largest absolute Gasteiger partial charge is 0.417 e. The first-order valence-electron chi connectivity index (χ1n) is 13.9. The zero-order valence-corrected chi connectivity index (χ0v) is 23.7. The number of hydrogen-bond donors (Lipinski definition) is 1. The van der Waals surface area contributed by atoms with Gasteiger partial charge in [0.25, 0.3) is 11.8 Å². The molecular formula is C30H33F3N6O3. The Morgan fingerprint density at radius 1 is 1.19 bits per heavy atom. The highest BCUT2D eigenvalue weighted by molar-refractivity contribution is 6.07. The van der Waals surface area contributed by atoms with Crippen LogP contribution in [0, 0.1) is 5.92 Å². The van der Waals surface area contributed by atoms with Gasteiger partial charge in [0, 0.05) is 13.0 Å². The van der Waals surface area contributed by atoms with Gasteiger partial charge in [0.15, 0.2) is 17.3 Å². The summed E-state index contributed by atoms with van der Waals surface area (Å²) in [6, 6.07) is 12.4. The van der Waals surface area contributed by atoms with E-state index >= 15 is 0 Å². The Hall–Kier alpha value is -4.22. The number of nitrogens with zero attached hydrogens (tertiary/aromatic N) is 5. The van der Waals surface area contributed by atoms with Crippen molar-refractivity contribution in [2.45, 2.75) is 70.3 Å². The fraction of sp³-hybridized carbons (Fsp3) is 0.433. The number of carbonyl (C=O) groups is 2. The minimum Gasteiger partial charge on any atom is -0.369 e. The smallest absolute Gasteiger partial charge is 0.369 e. The molecule has 1 unspecified atom stereocenters. The summed E-state index contributed by atoms with van der Waals surface area (Å²) in [5.74, 6) is -0.0671. The van der Waals surface area contributed by atoms with Gasteiger partial charge in [-0.25, -0.2) is 4.99 Å².